The minimum Gasteiger partial charge on any atom is -0.298 e. The summed E-state index contributed by atoms with van der Waals surface area (Å²) in [6, 6.07) is 0. The lowest BCUT2D eigenvalue weighted by Crippen LogP contribution is -2.27. The fourth-order valence-electron chi connectivity index (χ4n) is 1.44. The van der Waals surface area contributed by atoms with Crippen LogP contribution < -0.4 is 5.56 Å². The molecule has 5 heteroatoms. The Kier molecular flexibility index (Phi) is 2.88. The monoisotopic (exact) mass is 322 g/mol. The molecule has 1 aliphatic rings. The third kappa shape index (κ3) is 1.98. The van der Waals surface area contributed by atoms with Gasteiger partial charge in [0.2, 0.25) is 0 Å². The third-order valence-corrected chi connectivity index (χ3v) is 4.07. The van der Waals surface area contributed by atoms with Gasteiger partial charge in [0, 0.05) is 12.7 Å². The van der Waals surface area contributed by atoms with Crippen LogP contribution in [0, 0.1) is 8.99 Å². The van der Waals surface area contributed by atoms with Crippen LogP contribution in [-0.4, -0.2) is 15.3 Å². The second kappa shape index (κ2) is 3.84. The van der Waals surface area contributed by atoms with Crippen molar-refractivity contribution in [3.8, 4) is 0 Å². The van der Waals surface area contributed by atoms with Crippen LogP contribution in [0.1, 0.15) is 12.8 Å². The van der Waals surface area contributed by atoms with Crippen LogP contribution in [0.25, 0.3) is 0 Å². The maximum atomic E-state index is 11.7. The van der Waals surface area contributed by atoms with E-state index in [1.165, 1.54) is 12.8 Å². The Morgan fingerprint density at radius 3 is 2.93 bits per heavy atom. The van der Waals surface area contributed by atoms with E-state index in [9.17, 15) is 4.79 Å². The van der Waals surface area contributed by atoms with E-state index in [0.717, 1.165) is 12.3 Å². The third-order valence-electron chi connectivity index (χ3n) is 2.66. The van der Waals surface area contributed by atoms with Crippen molar-refractivity contribution in [3.63, 3.8) is 0 Å². The highest BCUT2D eigenvalue weighted by molar-refractivity contribution is 14.1. The van der Waals surface area contributed by atoms with Crippen molar-refractivity contribution in [3.05, 3.63) is 26.4 Å². The summed E-state index contributed by atoms with van der Waals surface area (Å²) < 4.78 is 2.38. The highest BCUT2D eigenvalue weighted by Gasteiger charge is 2.41. The van der Waals surface area contributed by atoms with Gasteiger partial charge >= 0.3 is 0 Å². The molecule has 1 heterocycles. The van der Waals surface area contributed by atoms with E-state index in [4.69, 9.17) is 0 Å². The summed E-state index contributed by atoms with van der Waals surface area (Å²) in [6.45, 7) is 0.763. The zero-order chi connectivity index (χ0) is 10.2. The zero-order valence-electron chi connectivity index (χ0n) is 7.61. The molecule has 14 heavy (non-hydrogen) atoms. The molecule has 0 amide bonds. The molecule has 1 aromatic rings. The predicted molar refractivity (Wildman–Crippen MR) is 66.7 cm³/mol. The molecule has 0 aromatic carbocycles. The summed E-state index contributed by atoms with van der Waals surface area (Å²) in [5.41, 5.74) is 0.327. The van der Waals surface area contributed by atoms with Crippen molar-refractivity contribution in [1.82, 2.24) is 9.55 Å². The molecule has 0 aliphatic heterocycles. The van der Waals surface area contributed by atoms with Gasteiger partial charge in [0.1, 0.15) is 0 Å². The van der Waals surface area contributed by atoms with Gasteiger partial charge in [-0.2, -0.15) is 12.6 Å². The first kappa shape index (κ1) is 10.5. The molecular weight excluding hydrogens is 311 g/mol. The average Bonchev–Trinajstić information content (AvgIpc) is 2.94. The molecule has 0 N–H and O–H groups in total. The Hall–Kier alpha value is -0.0400. The summed E-state index contributed by atoms with van der Waals surface area (Å²) in [7, 11) is 0. The summed E-state index contributed by atoms with van der Waals surface area (Å²) in [6.07, 6.45) is 5.57. The van der Waals surface area contributed by atoms with Gasteiger partial charge in [0.05, 0.1) is 9.90 Å². The highest BCUT2D eigenvalue weighted by atomic mass is 127. The molecule has 1 fully saturated rings. The van der Waals surface area contributed by atoms with Gasteiger partial charge in [0.15, 0.2) is 0 Å². The van der Waals surface area contributed by atoms with Crippen LogP contribution in [0.15, 0.2) is 17.3 Å². The van der Waals surface area contributed by atoms with Gasteiger partial charge in [-0.3, -0.25) is 9.36 Å². The lowest BCUT2D eigenvalue weighted by atomic mass is 10.1. The van der Waals surface area contributed by atoms with Gasteiger partial charge in [-0.15, -0.1) is 0 Å². The van der Waals surface area contributed by atoms with Crippen LogP contribution in [0.4, 0.5) is 0 Å². The van der Waals surface area contributed by atoms with Gasteiger partial charge in [-0.1, -0.05) is 0 Å². The average molecular weight is 322 g/mol. The Morgan fingerprint density at radius 1 is 1.64 bits per heavy atom. The zero-order valence-corrected chi connectivity index (χ0v) is 10.7. The Labute approximate surface area is 101 Å². The highest BCUT2D eigenvalue weighted by Crippen LogP contribution is 2.47. The normalized spacial score (nSPS) is 18.1. The van der Waals surface area contributed by atoms with Crippen molar-refractivity contribution < 1.29 is 0 Å². The largest absolute Gasteiger partial charge is 0.298 e. The molecule has 0 saturated heterocycles. The molecular formula is C9H11IN2OS. The first-order valence-corrected chi connectivity index (χ1v) is 6.19. The molecule has 2 rings (SSSR count). The molecule has 0 spiro atoms. The number of hydrogen-bond acceptors (Lipinski definition) is 3. The Morgan fingerprint density at radius 2 is 2.36 bits per heavy atom. The smallest absolute Gasteiger partial charge is 0.266 e. The SMILES string of the molecule is O=c1c(I)cncn1CC1(CS)CC1. The molecule has 1 aliphatic carbocycles. The fourth-order valence-corrected chi connectivity index (χ4v) is 2.33. The lowest BCUT2D eigenvalue weighted by Gasteiger charge is -2.13. The van der Waals surface area contributed by atoms with E-state index in [2.05, 4.69) is 17.6 Å². The number of halogens is 1. The first-order chi connectivity index (χ1) is 6.67. The van der Waals surface area contributed by atoms with Gasteiger partial charge in [-0.25, -0.2) is 4.98 Å². The summed E-state index contributed by atoms with van der Waals surface area (Å²) in [5.74, 6) is 0.852. The number of nitrogens with zero attached hydrogens (tertiary/aromatic N) is 2. The van der Waals surface area contributed by atoms with Crippen molar-refractivity contribution >= 4 is 35.2 Å². The number of rotatable bonds is 3. The maximum absolute atomic E-state index is 11.7. The summed E-state index contributed by atoms with van der Waals surface area (Å²) in [5, 5.41) is 0. The molecule has 0 bridgehead atoms. The molecule has 0 unspecified atom stereocenters. The van der Waals surface area contributed by atoms with Crippen molar-refractivity contribution in [2.24, 2.45) is 5.41 Å². The standard InChI is InChI=1S/C9H11IN2OS/c10-7-3-11-6-12(8(7)13)4-9(5-14)1-2-9/h3,6,14H,1-2,4-5H2. The summed E-state index contributed by atoms with van der Waals surface area (Å²) in [4.78, 5) is 15.7. The van der Waals surface area contributed by atoms with Gasteiger partial charge in [0.25, 0.3) is 5.56 Å². The van der Waals surface area contributed by atoms with E-state index in [0.29, 0.717) is 3.57 Å². The molecule has 0 radical (unpaired) electrons. The van der Waals surface area contributed by atoms with Crippen LogP contribution in [0.5, 0.6) is 0 Å². The molecule has 76 valence electrons. The first-order valence-electron chi connectivity index (χ1n) is 4.48. The van der Waals surface area contributed by atoms with E-state index >= 15 is 0 Å². The van der Waals surface area contributed by atoms with Crippen molar-refractivity contribution in [2.45, 2.75) is 19.4 Å². The molecule has 0 atom stereocenters. The minimum absolute atomic E-state index is 0.0636. The fraction of sp³-hybridized carbons (Fsp3) is 0.556. The predicted octanol–water partition coefficient (Wildman–Crippen LogP) is 1.56. The van der Waals surface area contributed by atoms with Crippen LogP contribution in [0.2, 0.25) is 0 Å². The number of hydrogen-bond donors (Lipinski definition) is 1. The van der Waals surface area contributed by atoms with Crippen molar-refractivity contribution in [1.29, 1.82) is 0 Å². The van der Waals surface area contributed by atoms with Gasteiger partial charge < -0.3 is 0 Å². The Balaban J connectivity index is 2.25. The molecule has 1 saturated carbocycles. The lowest BCUT2D eigenvalue weighted by molar-refractivity contribution is 0.458. The number of aromatic nitrogens is 2. The van der Waals surface area contributed by atoms with E-state index in [1.54, 1.807) is 17.1 Å². The topological polar surface area (TPSA) is 34.9 Å². The molecule has 1 aromatic heterocycles. The number of thiol groups is 1. The van der Waals surface area contributed by atoms with E-state index in [1.807, 2.05) is 22.6 Å². The molecule has 3 nitrogen and oxygen atoms in total. The van der Waals surface area contributed by atoms with Crippen LogP contribution in [0.3, 0.4) is 0 Å². The van der Waals surface area contributed by atoms with E-state index < -0.39 is 0 Å². The Bertz CT molecular complexity index is 400. The van der Waals surface area contributed by atoms with Crippen LogP contribution in [-0.2, 0) is 6.54 Å². The van der Waals surface area contributed by atoms with Crippen LogP contribution >= 0.6 is 35.2 Å². The van der Waals surface area contributed by atoms with E-state index in [-0.39, 0.29) is 11.0 Å². The van der Waals surface area contributed by atoms with Gasteiger partial charge in [-0.05, 0) is 46.6 Å². The second-order valence-electron chi connectivity index (χ2n) is 3.83. The quantitative estimate of drug-likeness (QED) is 0.677. The summed E-state index contributed by atoms with van der Waals surface area (Å²) >= 11 is 6.34. The van der Waals surface area contributed by atoms with Crippen molar-refractivity contribution in [2.75, 3.05) is 5.75 Å². The minimum atomic E-state index is 0.0636. The maximum Gasteiger partial charge on any atom is 0.266 e. The second-order valence-corrected chi connectivity index (χ2v) is 5.31.